The number of cyclic esters (lactones) is 2. The number of hydrogen-bond acceptors (Lipinski definition) is 8. The van der Waals surface area contributed by atoms with Crippen molar-refractivity contribution in [1.29, 1.82) is 0 Å². The Labute approximate surface area is 173 Å². The van der Waals surface area contributed by atoms with Gasteiger partial charge < -0.3 is 28.4 Å². The standard InChI is InChI=1S/C22H22O8/c1-21(2)27-15-9-11(25-5)7-13(17(15)19(23)29-21)14-8-12(26-6)10-16-18(14)20(24)30-22(3,4)28-16/h7-10H,1-6H3. The lowest BCUT2D eigenvalue weighted by Crippen LogP contribution is -2.40. The number of carbonyl (C=O) groups excluding carboxylic acids is 2. The van der Waals surface area contributed by atoms with Gasteiger partial charge in [0, 0.05) is 51.0 Å². The summed E-state index contributed by atoms with van der Waals surface area (Å²) in [7, 11) is 3.00. The highest BCUT2D eigenvalue weighted by molar-refractivity contribution is 6.07. The smallest absolute Gasteiger partial charge is 0.345 e. The highest BCUT2D eigenvalue weighted by atomic mass is 16.7. The molecule has 158 valence electrons. The van der Waals surface area contributed by atoms with Gasteiger partial charge in [-0.2, -0.15) is 0 Å². The minimum Gasteiger partial charge on any atom is -0.497 e. The number of methoxy groups -OCH3 is 2. The summed E-state index contributed by atoms with van der Waals surface area (Å²) in [5.74, 6) is -2.00. The van der Waals surface area contributed by atoms with Crippen molar-refractivity contribution in [3.8, 4) is 34.1 Å². The molecule has 2 aromatic carbocycles. The molecule has 0 spiro atoms. The van der Waals surface area contributed by atoms with Gasteiger partial charge in [-0.15, -0.1) is 0 Å². The monoisotopic (exact) mass is 414 g/mol. The van der Waals surface area contributed by atoms with Gasteiger partial charge in [-0.1, -0.05) is 0 Å². The van der Waals surface area contributed by atoms with Crippen LogP contribution in [0.2, 0.25) is 0 Å². The molecule has 0 saturated heterocycles. The molecule has 0 saturated carbocycles. The lowest BCUT2D eigenvalue weighted by Gasteiger charge is -2.34. The van der Waals surface area contributed by atoms with Crippen LogP contribution in [0, 0.1) is 0 Å². The Morgan fingerprint density at radius 1 is 0.633 bits per heavy atom. The Bertz CT molecular complexity index is 982. The fraction of sp³-hybridized carbons (Fsp3) is 0.364. The van der Waals surface area contributed by atoms with E-state index in [0.717, 1.165) is 0 Å². The van der Waals surface area contributed by atoms with Crippen molar-refractivity contribution in [2.75, 3.05) is 14.2 Å². The van der Waals surface area contributed by atoms with Gasteiger partial charge in [0.2, 0.25) is 11.6 Å². The van der Waals surface area contributed by atoms with Crippen LogP contribution in [0.25, 0.3) is 11.1 Å². The molecule has 0 aromatic heterocycles. The quantitative estimate of drug-likeness (QED) is 0.698. The van der Waals surface area contributed by atoms with Gasteiger partial charge in [-0.25, -0.2) is 9.59 Å². The highest BCUT2D eigenvalue weighted by Crippen LogP contribution is 2.46. The lowest BCUT2D eigenvalue weighted by molar-refractivity contribution is -0.128. The van der Waals surface area contributed by atoms with Crippen molar-refractivity contribution < 1.29 is 38.0 Å². The number of carbonyl (C=O) groups is 2. The third-order valence-corrected chi connectivity index (χ3v) is 4.71. The van der Waals surface area contributed by atoms with E-state index in [4.69, 9.17) is 28.4 Å². The van der Waals surface area contributed by atoms with Crippen LogP contribution in [0.15, 0.2) is 24.3 Å². The van der Waals surface area contributed by atoms with E-state index >= 15 is 0 Å². The zero-order valence-electron chi connectivity index (χ0n) is 17.6. The van der Waals surface area contributed by atoms with Crippen molar-refractivity contribution in [3.05, 3.63) is 35.4 Å². The number of esters is 2. The molecule has 0 N–H and O–H groups in total. The molecule has 0 bridgehead atoms. The van der Waals surface area contributed by atoms with E-state index in [1.54, 1.807) is 52.0 Å². The van der Waals surface area contributed by atoms with Gasteiger partial charge in [0.1, 0.15) is 34.1 Å². The van der Waals surface area contributed by atoms with Crippen LogP contribution in [-0.2, 0) is 9.47 Å². The van der Waals surface area contributed by atoms with Crippen molar-refractivity contribution >= 4 is 11.9 Å². The fourth-order valence-electron chi connectivity index (χ4n) is 3.54. The Kier molecular flexibility index (Phi) is 4.34. The number of fused-ring (bicyclic) bond motifs is 2. The van der Waals surface area contributed by atoms with Crippen LogP contribution >= 0.6 is 0 Å². The topological polar surface area (TPSA) is 89.5 Å². The second-order valence-corrected chi connectivity index (χ2v) is 7.88. The number of hydrogen-bond donors (Lipinski definition) is 0. The summed E-state index contributed by atoms with van der Waals surface area (Å²) in [5, 5.41) is 0. The molecule has 8 heteroatoms. The summed E-state index contributed by atoms with van der Waals surface area (Å²) in [6.45, 7) is 6.53. The summed E-state index contributed by atoms with van der Waals surface area (Å²) in [6.07, 6.45) is 0. The van der Waals surface area contributed by atoms with Crippen LogP contribution in [0.3, 0.4) is 0 Å². The molecule has 0 amide bonds. The van der Waals surface area contributed by atoms with Crippen molar-refractivity contribution in [1.82, 2.24) is 0 Å². The summed E-state index contributed by atoms with van der Waals surface area (Å²) in [6, 6.07) is 6.46. The van der Waals surface area contributed by atoms with E-state index in [1.807, 2.05) is 0 Å². The maximum atomic E-state index is 12.9. The predicted octanol–water partition coefficient (Wildman–Crippen LogP) is 3.94. The maximum Gasteiger partial charge on any atom is 0.345 e. The molecule has 0 radical (unpaired) electrons. The minimum atomic E-state index is -1.15. The van der Waals surface area contributed by atoms with Crippen molar-refractivity contribution in [2.24, 2.45) is 0 Å². The molecule has 4 rings (SSSR count). The first-order chi connectivity index (χ1) is 14.0. The van der Waals surface area contributed by atoms with E-state index in [-0.39, 0.29) is 22.6 Å². The van der Waals surface area contributed by atoms with Crippen molar-refractivity contribution in [3.63, 3.8) is 0 Å². The fourth-order valence-corrected chi connectivity index (χ4v) is 3.54. The lowest BCUT2D eigenvalue weighted by atomic mass is 9.92. The molecule has 2 aromatic rings. The van der Waals surface area contributed by atoms with Gasteiger partial charge in [0.15, 0.2) is 0 Å². The van der Waals surface area contributed by atoms with E-state index < -0.39 is 23.5 Å². The second kappa shape index (κ2) is 6.55. The molecule has 0 unspecified atom stereocenters. The minimum absolute atomic E-state index is 0.170. The van der Waals surface area contributed by atoms with Crippen LogP contribution in [-0.4, -0.2) is 37.7 Å². The zero-order valence-corrected chi connectivity index (χ0v) is 17.6. The first-order valence-electron chi connectivity index (χ1n) is 9.33. The number of ether oxygens (including phenoxy) is 6. The highest BCUT2D eigenvalue weighted by Gasteiger charge is 2.40. The van der Waals surface area contributed by atoms with Crippen LogP contribution in [0.4, 0.5) is 0 Å². The average molecular weight is 414 g/mol. The maximum absolute atomic E-state index is 12.9. The molecular weight excluding hydrogens is 392 g/mol. The molecular formula is C22H22O8. The van der Waals surface area contributed by atoms with Gasteiger partial charge in [0.25, 0.3) is 0 Å². The third-order valence-electron chi connectivity index (χ3n) is 4.71. The number of benzene rings is 2. The molecule has 2 aliphatic heterocycles. The van der Waals surface area contributed by atoms with Gasteiger partial charge >= 0.3 is 11.9 Å². The Balaban J connectivity index is 2.03. The summed E-state index contributed by atoms with van der Waals surface area (Å²) in [5.41, 5.74) is 1.09. The van der Waals surface area contributed by atoms with Crippen LogP contribution in [0.5, 0.6) is 23.0 Å². The summed E-state index contributed by atoms with van der Waals surface area (Å²) >= 11 is 0. The van der Waals surface area contributed by atoms with E-state index in [2.05, 4.69) is 0 Å². The van der Waals surface area contributed by atoms with Gasteiger partial charge in [-0.3, -0.25) is 0 Å². The van der Waals surface area contributed by atoms with Crippen LogP contribution in [0.1, 0.15) is 48.4 Å². The molecule has 0 aliphatic carbocycles. The van der Waals surface area contributed by atoms with E-state index in [9.17, 15) is 9.59 Å². The Hall–Kier alpha value is -3.42. The van der Waals surface area contributed by atoms with Gasteiger partial charge in [-0.05, 0) is 12.1 Å². The van der Waals surface area contributed by atoms with Crippen LogP contribution < -0.4 is 18.9 Å². The normalized spacial score (nSPS) is 18.1. The Morgan fingerprint density at radius 3 is 1.33 bits per heavy atom. The molecule has 2 aliphatic rings. The largest absolute Gasteiger partial charge is 0.497 e. The summed E-state index contributed by atoms with van der Waals surface area (Å²) in [4.78, 5) is 25.8. The van der Waals surface area contributed by atoms with E-state index in [1.165, 1.54) is 14.2 Å². The molecule has 30 heavy (non-hydrogen) atoms. The number of rotatable bonds is 3. The summed E-state index contributed by atoms with van der Waals surface area (Å²) < 4.78 is 33.3. The zero-order chi connectivity index (χ0) is 21.8. The Morgan fingerprint density at radius 2 is 1.00 bits per heavy atom. The van der Waals surface area contributed by atoms with E-state index in [0.29, 0.717) is 22.6 Å². The molecule has 0 fully saturated rings. The van der Waals surface area contributed by atoms with Crippen molar-refractivity contribution in [2.45, 2.75) is 39.3 Å². The molecule has 8 nitrogen and oxygen atoms in total. The predicted molar refractivity (Wildman–Crippen MR) is 105 cm³/mol. The second-order valence-electron chi connectivity index (χ2n) is 7.88. The first kappa shape index (κ1) is 19.9. The average Bonchev–Trinajstić information content (AvgIpc) is 2.63. The molecule has 0 atom stereocenters. The first-order valence-corrected chi connectivity index (χ1v) is 9.33. The SMILES string of the molecule is COc1cc2c(c(-c3cc(OC)cc4c3C(=O)OC(C)(C)O4)c1)C(=O)OC(C)(C)O2. The molecule has 2 heterocycles. The van der Waals surface area contributed by atoms with Gasteiger partial charge in [0.05, 0.1) is 14.2 Å². The third kappa shape index (κ3) is 3.28.